The van der Waals surface area contributed by atoms with Crippen molar-refractivity contribution in [3.05, 3.63) is 11.6 Å². The Hall–Kier alpha value is -0.610. The molecule has 3 nitrogen and oxygen atoms in total. The number of nitrogens with zero attached hydrogens (tertiary/aromatic N) is 1. The summed E-state index contributed by atoms with van der Waals surface area (Å²) in [6.07, 6.45) is 1.68. The fourth-order valence-electron chi connectivity index (χ4n) is 0.234. The molecule has 1 rings (SSSR count). The van der Waals surface area contributed by atoms with Crippen LogP contribution in [0.4, 0.5) is 5.13 Å². The number of anilines is 1. The van der Waals surface area contributed by atoms with E-state index in [-0.39, 0.29) is 1.43 Å². The molecule has 11 heavy (non-hydrogen) atoms. The van der Waals surface area contributed by atoms with E-state index in [1.54, 1.807) is 6.20 Å². The van der Waals surface area contributed by atoms with Crippen LogP contribution in [-0.2, 0) is 0 Å². The molecule has 0 spiro atoms. The van der Waals surface area contributed by atoms with Gasteiger partial charge in [0.05, 0.1) is 0 Å². The Balaban J connectivity index is 0. The van der Waals surface area contributed by atoms with E-state index in [9.17, 15) is 0 Å². The third-order valence-electron chi connectivity index (χ3n) is 0.817. The molecule has 1 aromatic heterocycles. The summed E-state index contributed by atoms with van der Waals surface area (Å²) >= 11 is 1.44. The van der Waals surface area contributed by atoms with Gasteiger partial charge in [0, 0.05) is 19.6 Å². The summed E-state index contributed by atoms with van der Waals surface area (Å²) in [5.41, 5.74) is 5.19. The smallest absolute Gasteiger partial charge is 0.179 e. The number of aromatic nitrogens is 1. The van der Waals surface area contributed by atoms with E-state index >= 15 is 0 Å². The van der Waals surface area contributed by atoms with E-state index in [0.717, 1.165) is 0 Å². The van der Waals surface area contributed by atoms with Gasteiger partial charge in [-0.25, -0.2) is 4.98 Å². The number of aliphatic hydroxyl groups excluding tert-OH is 1. The van der Waals surface area contributed by atoms with Gasteiger partial charge in [0.1, 0.15) is 0 Å². The molecule has 1 heterocycles. The van der Waals surface area contributed by atoms with Crippen molar-refractivity contribution in [2.45, 2.75) is 13.8 Å². The second-order valence-electron chi connectivity index (χ2n) is 2.45. The largest absolute Gasteiger partial charge is 0.396 e. The summed E-state index contributed by atoms with van der Waals surface area (Å²) in [6, 6.07) is 0. The summed E-state index contributed by atoms with van der Waals surface area (Å²) in [4.78, 5) is 3.71. The van der Waals surface area contributed by atoms with Gasteiger partial charge < -0.3 is 10.8 Å². The molecule has 0 bridgehead atoms. The van der Waals surface area contributed by atoms with Crippen LogP contribution in [0.15, 0.2) is 11.6 Å². The molecule has 0 aromatic carbocycles. The normalized spacial score (nSPS) is 9.09. The lowest BCUT2D eigenvalue weighted by molar-refractivity contribution is 0.248. The molecule has 0 unspecified atom stereocenters. The maximum absolute atomic E-state index is 8.14. The van der Waals surface area contributed by atoms with Crippen LogP contribution in [-0.4, -0.2) is 16.7 Å². The van der Waals surface area contributed by atoms with Crippen LogP contribution < -0.4 is 5.73 Å². The van der Waals surface area contributed by atoms with Crippen LogP contribution in [0.2, 0.25) is 0 Å². The number of nitrogens with two attached hydrogens (primary N) is 1. The Morgan fingerprint density at radius 3 is 2.45 bits per heavy atom. The van der Waals surface area contributed by atoms with E-state index in [2.05, 4.69) is 4.98 Å². The van der Waals surface area contributed by atoms with Crippen LogP contribution in [0.3, 0.4) is 0 Å². The Morgan fingerprint density at radius 1 is 1.82 bits per heavy atom. The zero-order valence-electron chi connectivity index (χ0n) is 6.82. The Kier molecular flexibility index (Phi) is 5.78. The van der Waals surface area contributed by atoms with Crippen LogP contribution in [0.25, 0.3) is 0 Å². The first-order chi connectivity index (χ1) is 5.16. The SMILES string of the molecule is CC(C)CO.Nc1nccs1.[HH]. The van der Waals surface area contributed by atoms with Crippen molar-refractivity contribution in [2.24, 2.45) is 5.92 Å². The summed E-state index contributed by atoms with van der Waals surface area (Å²) in [7, 11) is 0. The average Bonchev–Trinajstić information content (AvgIpc) is 2.41. The summed E-state index contributed by atoms with van der Waals surface area (Å²) in [6.45, 7) is 4.25. The maximum atomic E-state index is 8.14. The highest BCUT2D eigenvalue weighted by molar-refractivity contribution is 7.13. The van der Waals surface area contributed by atoms with Crippen molar-refractivity contribution >= 4 is 16.5 Å². The molecule has 66 valence electrons. The first kappa shape index (κ1) is 10.4. The topological polar surface area (TPSA) is 59.1 Å². The molecule has 0 saturated heterocycles. The fourth-order valence-corrected chi connectivity index (χ4v) is 0.617. The zero-order valence-corrected chi connectivity index (χ0v) is 7.64. The molecule has 0 radical (unpaired) electrons. The lowest BCUT2D eigenvalue weighted by atomic mass is 10.2. The highest BCUT2D eigenvalue weighted by Crippen LogP contribution is 2.02. The zero-order chi connectivity index (χ0) is 8.69. The lowest BCUT2D eigenvalue weighted by Gasteiger charge is -1.90. The van der Waals surface area contributed by atoms with Gasteiger partial charge >= 0.3 is 0 Å². The van der Waals surface area contributed by atoms with Crippen molar-refractivity contribution in [3.8, 4) is 0 Å². The third-order valence-corrected chi connectivity index (χ3v) is 1.42. The van der Waals surface area contributed by atoms with Crippen molar-refractivity contribution < 1.29 is 6.53 Å². The molecule has 0 aliphatic carbocycles. The average molecular weight is 176 g/mol. The quantitative estimate of drug-likeness (QED) is 0.683. The second kappa shape index (κ2) is 6.12. The van der Waals surface area contributed by atoms with Crippen LogP contribution >= 0.6 is 11.3 Å². The minimum Gasteiger partial charge on any atom is -0.396 e. The fraction of sp³-hybridized carbons (Fsp3) is 0.571. The number of thiazole rings is 1. The first-order valence-electron chi connectivity index (χ1n) is 3.42. The molecule has 0 saturated carbocycles. The van der Waals surface area contributed by atoms with Gasteiger partial charge in [-0.1, -0.05) is 13.8 Å². The van der Waals surface area contributed by atoms with Crippen LogP contribution in [0.1, 0.15) is 15.3 Å². The van der Waals surface area contributed by atoms with E-state index < -0.39 is 0 Å². The van der Waals surface area contributed by atoms with Gasteiger partial charge in [-0.15, -0.1) is 11.3 Å². The van der Waals surface area contributed by atoms with E-state index in [4.69, 9.17) is 10.8 Å². The molecule has 0 aliphatic heterocycles. The molecule has 0 fully saturated rings. The number of rotatable bonds is 1. The van der Waals surface area contributed by atoms with E-state index in [1.165, 1.54) is 11.3 Å². The molecule has 1 aromatic rings. The van der Waals surface area contributed by atoms with Crippen molar-refractivity contribution in [2.75, 3.05) is 12.3 Å². The third kappa shape index (κ3) is 7.29. The van der Waals surface area contributed by atoms with Crippen molar-refractivity contribution in [1.82, 2.24) is 4.98 Å². The molecule has 4 heteroatoms. The van der Waals surface area contributed by atoms with Gasteiger partial charge in [-0.3, -0.25) is 0 Å². The number of aliphatic hydroxyl groups is 1. The Bertz CT molecular complexity index is 168. The first-order valence-corrected chi connectivity index (χ1v) is 4.30. The summed E-state index contributed by atoms with van der Waals surface area (Å²) in [5.74, 6) is 0.440. The lowest BCUT2D eigenvalue weighted by Crippen LogP contribution is -1.90. The Morgan fingerprint density at radius 2 is 2.36 bits per heavy atom. The molecular formula is C7H16N2OS. The van der Waals surface area contributed by atoms with E-state index in [0.29, 0.717) is 17.7 Å². The Labute approximate surface area is 72.4 Å². The van der Waals surface area contributed by atoms with Crippen LogP contribution in [0, 0.1) is 5.92 Å². The maximum Gasteiger partial charge on any atom is 0.179 e. The van der Waals surface area contributed by atoms with Crippen molar-refractivity contribution in [1.29, 1.82) is 0 Å². The second-order valence-corrected chi connectivity index (χ2v) is 3.37. The molecule has 0 atom stereocenters. The van der Waals surface area contributed by atoms with Gasteiger partial charge in [0.2, 0.25) is 0 Å². The van der Waals surface area contributed by atoms with Gasteiger partial charge in [0.15, 0.2) is 5.13 Å². The number of nitrogen functional groups attached to an aromatic ring is 1. The number of hydrogen-bond donors (Lipinski definition) is 2. The minimum absolute atomic E-state index is 0. The molecule has 3 N–H and O–H groups in total. The monoisotopic (exact) mass is 176 g/mol. The predicted octanol–water partition coefficient (Wildman–Crippen LogP) is 1.61. The standard InChI is InChI=1S/C4H10O.C3H4N2S.H2/c1-4(2)3-5;4-3-5-1-2-6-3;/h4-5H,3H2,1-2H3;1-2H,(H2,4,5);1H. The van der Waals surface area contributed by atoms with Gasteiger partial charge in [-0.2, -0.15) is 0 Å². The number of hydrogen-bond acceptors (Lipinski definition) is 4. The highest BCUT2D eigenvalue weighted by atomic mass is 32.1. The molecular weight excluding hydrogens is 160 g/mol. The minimum atomic E-state index is 0. The highest BCUT2D eigenvalue weighted by Gasteiger charge is 1.81. The van der Waals surface area contributed by atoms with Crippen molar-refractivity contribution in [3.63, 3.8) is 0 Å². The van der Waals surface area contributed by atoms with Gasteiger partial charge in [0.25, 0.3) is 0 Å². The van der Waals surface area contributed by atoms with Gasteiger partial charge in [-0.05, 0) is 5.92 Å². The molecule has 0 aliphatic rings. The van der Waals surface area contributed by atoms with Crippen LogP contribution in [0.5, 0.6) is 0 Å². The summed E-state index contributed by atoms with van der Waals surface area (Å²) < 4.78 is 0. The molecule has 0 amide bonds. The van der Waals surface area contributed by atoms with E-state index in [1.807, 2.05) is 19.2 Å². The summed E-state index contributed by atoms with van der Waals surface area (Å²) in [5, 5.41) is 10.6. The predicted molar refractivity (Wildman–Crippen MR) is 50.6 cm³/mol.